The van der Waals surface area contributed by atoms with Gasteiger partial charge >= 0.3 is 5.97 Å². The molecule has 11 heteroatoms. The number of methoxy groups -OCH3 is 1. The fourth-order valence-electron chi connectivity index (χ4n) is 2.16. The Balaban J connectivity index is 2.09. The average molecular weight is 402 g/mol. The Bertz CT molecular complexity index is 547. The lowest BCUT2D eigenvalue weighted by molar-refractivity contribution is -0.153. The summed E-state index contributed by atoms with van der Waals surface area (Å²) in [5.41, 5.74) is 0. The molecule has 0 aromatic carbocycles. The summed E-state index contributed by atoms with van der Waals surface area (Å²) in [5, 5.41) is 11.6. The number of aliphatic carboxylic acids is 1. The number of nitrogens with one attached hydrogen (secondary N) is 1. The zero-order valence-corrected chi connectivity index (χ0v) is 15.8. The molecular formula is C17H26N2O9. The Morgan fingerprint density at radius 3 is 1.96 bits per heavy atom. The van der Waals surface area contributed by atoms with E-state index in [0.717, 1.165) is 12.2 Å². The van der Waals surface area contributed by atoms with E-state index in [4.69, 9.17) is 18.9 Å². The normalized spacial score (nSPS) is 14.5. The summed E-state index contributed by atoms with van der Waals surface area (Å²) >= 11 is 0. The van der Waals surface area contributed by atoms with Gasteiger partial charge < -0.3 is 29.4 Å². The van der Waals surface area contributed by atoms with Crippen molar-refractivity contribution in [1.29, 1.82) is 0 Å². The molecule has 0 spiro atoms. The number of hydrogen-bond acceptors (Lipinski definition) is 8. The van der Waals surface area contributed by atoms with Crippen molar-refractivity contribution in [3.63, 3.8) is 0 Å². The minimum Gasteiger partial charge on any atom is -0.480 e. The van der Waals surface area contributed by atoms with Gasteiger partial charge in [0, 0.05) is 32.2 Å². The van der Waals surface area contributed by atoms with E-state index >= 15 is 0 Å². The van der Waals surface area contributed by atoms with E-state index in [0.29, 0.717) is 44.5 Å². The number of ether oxygens (including phenoxy) is 4. The molecule has 0 saturated heterocycles. The third kappa shape index (κ3) is 9.04. The van der Waals surface area contributed by atoms with E-state index in [-0.39, 0.29) is 19.6 Å². The molecule has 0 aromatic heterocycles. The number of amides is 3. The van der Waals surface area contributed by atoms with Gasteiger partial charge in [-0.15, -0.1) is 0 Å². The van der Waals surface area contributed by atoms with Crippen molar-refractivity contribution in [2.45, 2.75) is 12.5 Å². The van der Waals surface area contributed by atoms with Crippen LogP contribution in [0.25, 0.3) is 0 Å². The minimum absolute atomic E-state index is 0.00656. The molecule has 0 aromatic rings. The highest BCUT2D eigenvalue weighted by atomic mass is 16.6. The number of carbonyl (C=O) groups excluding carboxylic acids is 3. The molecule has 158 valence electrons. The molecule has 0 aliphatic carbocycles. The second kappa shape index (κ2) is 13.8. The first kappa shape index (κ1) is 23.7. The molecule has 1 aliphatic rings. The summed E-state index contributed by atoms with van der Waals surface area (Å²) in [6.07, 6.45) is 1.98. The number of carbonyl (C=O) groups is 4. The number of carboxylic acid groups (broad SMARTS) is 1. The molecule has 0 unspecified atom stereocenters. The highest BCUT2D eigenvalue weighted by molar-refractivity contribution is 6.14. The number of rotatable bonds is 16. The number of nitrogens with zero attached hydrogens (tertiary/aromatic N) is 1. The van der Waals surface area contributed by atoms with Gasteiger partial charge in [0.25, 0.3) is 11.8 Å². The van der Waals surface area contributed by atoms with Crippen LogP contribution in [-0.4, -0.2) is 99.6 Å². The van der Waals surface area contributed by atoms with E-state index in [2.05, 4.69) is 5.32 Å². The van der Waals surface area contributed by atoms with Crippen molar-refractivity contribution < 1.29 is 43.2 Å². The standard InChI is InChI=1S/C17H26N2O9/c1-25-6-7-27-10-11-28-9-8-26-5-4-14(20)18-12-13(17(23)24)19-15(21)2-3-16(19)22/h2-3,13H,4-12H2,1H3,(H,18,20)(H,23,24)/t13-/m0/s1. The SMILES string of the molecule is COCCOCCOCCOCCC(=O)NC[C@@H](C(=O)O)N1C(=O)C=CC1=O. The van der Waals surface area contributed by atoms with Gasteiger partial charge in [-0.25, -0.2) is 4.79 Å². The van der Waals surface area contributed by atoms with Crippen LogP contribution < -0.4 is 5.32 Å². The molecule has 1 atom stereocenters. The number of carboxylic acids is 1. The Hall–Kier alpha value is -2.34. The molecule has 0 radical (unpaired) electrons. The average Bonchev–Trinajstić information content (AvgIpc) is 2.98. The number of imide groups is 1. The lowest BCUT2D eigenvalue weighted by Crippen LogP contribution is -2.51. The summed E-state index contributed by atoms with van der Waals surface area (Å²) in [6, 6.07) is -1.46. The first-order valence-electron chi connectivity index (χ1n) is 8.74. The lowest BCUT2D eigenvalue weighted by atomic mass is 10.2. The van der Waals surface area contributed by atoms with Crippen LogP contribution in [0.2, 0.25) is 0 Å². The quantitative estimate of drug-likeness (QED) is 0.235. The van der Waals surface area contributed by atoms with Gasteiger partial charge in [0.15, 0.2) is 6.04 Å². The van der Waals surface area contributed by atoms with Gasteiger partial charge in [0.05, 0.1) is 46.2 Å². The summed E-state index contributed by atoms with van der Waals surface area (Å²) in [4.78, 5) is 46.7. The Morgan fingerprint density at radius 2 is 1.46 bits per heavy atom. The van der Waals surface area contributed by atoms with Gasteiger partial charge in [0.1, 0.15) is 0 Å². The van der Waals surface area contributed by atoms with Crippen molar-refractivity contribution in [3.05, 3.63) is 12.2 Å². The molecule has 28 heavy (non-hydrogen) atoms. The summed E-state index contributed by atoms with van der Waals surface area (Å²) in [6.45, 7) is 2.31. The summed E-state index contributed by atoms with van der Waals surface area (Å²) in [7, 11) is 1.59. The monoisotopic (exact) mass is 402 g/mol. The fourth-order valence-corrected chi connectivity index (χ4v) is 2.16. The first-order chi connectivity index (χ1) is 13.5. The lowest BCUT2D eigenvalue weighted by Gasteiger charge is -2.22. The van der Waals surface area contributed by atoms with Crippen molar-refractivity contribution >= 4 is 23.7 Å². The van der Waals surface area contributed by atoms with Crippen LogP contribution >= 0.6 is 0 Å². The van der Waals surface area contributed by atoms with Gasteiger partial charge in [-0.1, -0.05) is 0 Å². The third-order valence-electron chi connectivity index (χ3n) is 3.58. The summed E-state index contributed by atoms with van der Waals surface area (Å²) in [5.74, 6) is -3.28. The van der Waals surface area contributed by atoms with E-state index in [1.807, 2.05) is 0 Å². The van der Waals surface area contributed by atoms with Crippen molar-refractivity contribution in [2.24, 2.45) is 0 Å². The molecular weight excluding hydrogens is 376 g/mol. The first-order valence-corrected chi connectivity index (χ1v) is 8.74. The maximum absolute atomic E-state index is 11.8. The zero-order valence-electron chi connectivity index (χ0n) is 15.8. The van der Waals surface area contributed by atoms with Crippen molar-refractivity contribution in [2.75, 3.05) is 59.9 Å². The minimum atomic E-state index is -1.46. The van der Waals surface area contributed by atoms with Crippen LogP contribution in [0.4, 0.5) is 0 Å². The predicted molar refractivity (Wildman–Crippen MR) is 94.4 cm³/mol. The van der Waals surface area contributed by atoms with Crippen LogP contribution in [0, 0.1) is 0 Å². The Morgan fingerprint density at radius 1 is 0.964 bits per heavy atom. The fraction of sp³-hybridized carbons (Fsp3) is 0.647. The van der Waals surface area contributed by atoms with Crippen molar-refractivity contribution in [1.82, 2.24) is 10.2 Å². The Kier molecular flexibility index (Phi) is 11.7. The molecule has 0 saturated carbocycles. The van der Waals surface area contributed by atoms with E-state index in [9.17, 15) is 24.3 Å². The molecule has 3 amide bonds. The number of hydrogen-bond donors (Lipinski definition) is 2. The Labute approximate surface area is 162 Å². The van der Waals surface area contributed by atoms with E-state index < -0.39 is 29.7 Å². The maximum Gasteiger partial charge on any atom is 0.328 e. The van der Waals surface area contributed by atoms with E-state index in [1.54, 1.807) is 7.11 Å². The van der Waals surface area contributed by atoms with Crippen LogP contribution in [0.3, 0.4) is 0 Å². The van der Waals surface area contributed by atoms with Gasteiger partial charge in [-0.3, -0.25) is 19.3 Å². The topological polar surface area (TPSA) is 141 Å². The van der Waals surface area contributed by atoms with Crippen molar-refractivity contribution in [3.8, 4) is 0 Å². The highest BCUT2D eigenvalue weighted by Crippen LogP contribution is 2.09. The largest absolute Gasteiger partial charge is 0.480 e. The molecule has 0 bridgehead atoms. The second-order valence-corrected chi connectivity index (χ2v) is 5.62. The molecule has 1 heterocycles. The molecule has 0 fully saturated rings. The van der Waals surface area contributed by atoms with Gasteiger partial charge in [-0.05, 0) is 0 Å². The zero-order chi connectivity index (χ0) is 20.8. The van der Waals surface area contributed by atoms with Gasteiger partial charge in [-0.2, -0.15) is 0 Å². The van der Waals surface area contributed by atoms with E-state index in [1.165, 1.54) is 0 Å². The summed E-state index contributed by atoms with van der Waals surface area (Å²) < 4.78 is 20.6. The predicted octanol–water partition coefficient (Wildman–Crippen LogP) is -1.43. The molecule has 2 N–H and O–H groups in total. The van der Waals surface area contributed by atoms with Gasteiger partial charge in [0.2, 0.25) is 5.91 Å². The second-order valence-electron chi connectivity index (χ2n) is 5.62. The van der Waals surface area contributed by atoms with Crippen LogP contribution in [0.15, 0.2) is 12.2 Å². The third-order valence-corrected chi connectivity index (χ3v) is 3.58. The van der Waals surface area contributed by atoms with Crippen LogP contribution in [0.5, 0.6) is 0 Å². The highest BCUT2D eigenvalue weighted by Gasteiger charge is 2.35. The van der Waals surface area contributed by atoms with Crippen LogP contribution in [-0.2, 0) is 38.1 Å². The smallest absolute Gasteiger partial charge is 0.328 e. The maximum atomic E-state index is 11.8. The van der Waals surface area contributed by atoms with Crippen LogP contribution in [0.1, 0.15) is 6.42 Å². The molecule has 1 aliphatic heterocycles. The molecule has 1 rings (SSSR count). The molecule has 11 nitrogen and oxygen atoms in total.